The fourth-order valence-corrected chi connectivity index (χ4v) is 2.46. The lowest BCUT2D eigenvalue weighted by Gasteiger charge is -2.17. The Bertz CT molecular complexity index is 548. The maximum atomic E-state index is 5.65. The van der Waals surface area contributed by atoms with Crippen molar-refractivity contribution in [2.24, 2.45) is 5.84 Å². The number of ether oxygens (including phenoxy) is 1. The van der Waals surface area contributed by atoms with Crippen LogP contribution in [0.5, 0.6) is 5.75 Å². The van der Waals surface area contributed by atoms with Crippen molar-refractivity contribution in [2.45, 2.75) is 12.5 Å². The van der Waals surface area contributed by atoms with Gasteiger partial charge in [0.15, 0.2) is 0 Å². The second-order valence-electron chi connectivity index (χ2n) is 4.15. The molecule has 0 amide bonds. The molecule has 1 heterocycles. The number of nitrogens with zero attached hydrogens (tertiary/aromatic N) is 1. The smallest absolute Gasteiger partial charge is 0.119 e. The molecule has 0 aliphatic heterocycles. The number of hydrazine groups is 1. The zero-order valence-electron chi connectivity index (χ0n) is 10.6. The summed E-state index contributed by atoms with van der Waals surface area (Å²) in [6.45, 7) is 0. The molecular formula is C14H16BrN3O. The SMILES string of the molecule is COc1cccc(CC(NN)c2ncccc2Br)c1. The number of nitrogens with one attached hydrogen (secondary N) is 1. The Labute approximate surface area is 121 Å². The number of hydrogen-bond donors (Lipinski definition) is 2. The van der Waals surface area contributed by atoms with Gasteiger partial charge in [0.2, 0.25) is 0 Å². The number of hydrogen-bond acceptors (Lipinski definition) is 4. The van der Waals surface area contributed by atoms with E-state index in [9.17, 15) is 0 Å². The number of benzene rings is 1. The van der Waals surface area contributed by atoms with Crippen molar-refractivity contribution in [2.75, 3.05) is 7.11 Å². The third-order valence-electron chi connectivity index (χ3n) is 2.89. The molecule has 0 spiro atoms. The van der Waals surface area contributed by atoms with Crippen LogP contribution in [-0.4, -0.2) is 12.1 Å². The number of methoxy groups -OCH3 is 1. The number of aromatic nitrogens is 1. The lowest BCUT2D eigenvalue weighted by atomic mass is 10.0. The molecule has 1 aromatic heterocycles. The number of nitrogens with two attached hydrogens (primary N) is 1. The van der Waals surface area contributed by atoms with Crippen LogP contribution in [0.15, 0.2) is 47.1 Å². The maximum absolute atomic E-state index is 5.65. The van der Waals surface area contributed by atoms with Gasteiger partial charge in [0.25, 0.3) is 0 Å². The lowest BCUT2D eigenvalue weighted by Crippen LogP contribution is -2.30. The van der Waals surface area contributed by atoms with E-state index in [1.54, 1.807) is 13.3 Å². The highest BCUT2D eigenvalue weighted by atomic mass is 79.9. The first-order valence-corrected chi connectivity index (χ1v) is 6.73. The van der Waals surface area contributed by atoms with E-state index in [1.807, 2.05) is 36.4 Å². The van der Waals surface area contributed by atoms with Gasteiger partial charge in [-0.05, 0) is 52.2 Å². The van der Waals surface area contributed by atoms with E-state index in [-0.39, 0.29) is 6.04 Å². The average Bonchev–Trinajstić information content (AvgIpc) is 2.46. The summed E-state index contributed by atoms with van der Waals surface area (Å²) in [6, 6.07) is 11.7. The first-order valence-electron chi connectivity index (χ1n) is 5.94. The van der Waals surface area contributed by atoms with Crippen molar-refractivity contribution < 1.29 is 4.74 Å². The molecule has 1 aromatic carbocycles. The number of pyridine rings is 1. The first kappa shape index (κ1) is 14.0. The summed E-state index contributed by atoms with van der Waals surface area (Å²) in [6.07, 6.45) is 2.50. The molecule has 0 radical (unpaired) electrons. The van der Waals surface area contributed by atoms with Crippen molar-refractivity contribution in [1.29, 1.82) is 0 Å². The molecule has 19 heavy (non-hydrogen) atoms. The molecule has 3 N–H and O–H groups in total. The van der Waals surface area contributed by atoms with Gasteiger partial charge in [-0.1, -0.05) is 12.1 Å². The van der Waals surface area contributed by atoms with Crippen LogP contribution in [0, 0.1) is 0 Å². The van der Waals surface area contributed by atoms with E-state index in [2.05, 4.69) is 26.3 Å². The zero-order valence-corrected chi connectivity index (χ0v) is 12.2. The van der Waals surface area contributed by atoms with Crippen LogP contribution in [0.3, 0.4) is 0 Å². The Kier molecular flexibility index (Phi) is 4.90. The molecule has 1 unspecified atom stereocenters. The van der Waals surface area contributed by atoms with Gasteiger partial charge in [0, 0.05) is 10.7 Å². The topological polar surface area (TPSA) is 60.2 Å². The van der Waals surface area contributed by atoms with Gasteiger partial charge in [-0.25, -0.2) is 0 Å². The molecule has 0 aliphatic rings. The highest BCUT2D eigenvalue weighted by Gasteiger charge is 2.15. The molecule has 0 bridgehead atoms. The monoisotopic (exact) mass is 321 g/mol. The Morgan fingerprint density at radius 1 is 1.37 bits per heavy atom. The minimum absolute atomic E-state index is 0.0531. The summed E-state index contributed by atoms with van der Waals surface area (Å²) >= 11 is 3.50. The van der Waals surface area contributed by atoms with E-state index < -0.39 is 0 Å². The summed E-state index contributed by atoms with van der Waals surface area (Å²) in [4.78, 5) is 4.37. The summed E-state index contributed by atoms with van der Waals surface area (Å²) in [7, 11) is 1.66. The fourth-order valence-electron chi connectivity index (χ4n) is 1.92. The third-order valence-corrected chi connectivity index (χ3v) is 3.56. The molecular weight excluding hydrogens is 306 g/mol. The first-order chi connectivity index (χ1) is 9.24. The number of halogens is 1. The van der Waals surface area contributed by atoms with Crippen LogP contribution in [0.2, 0.25) is 0 Å². The minimum atomic E-state index is -0.0531. The predicted molar refractivity (Wildman–Crippen MR) is 78.7 cm³/mol. The molecule has 2 aromatic rings. The summed E-state index contributed by atoms with van der Waals surface area (Å²) in [5.74, 6) is 6.49. The maximum Gasteiger partial charge on any atom is 0.119 e. The molecule has 0 saturated carbocycles. The molecule has 0 fully saturated rings. The molecule has 4 nitrogen and oxygen atoms in total. The second kappa shape index (κ2) is 6.65. The van der Waals surface area contributed by atoms with E-state index in [1.165, 1.54) is 0 Å². The fraction of sp³-hybridized carbons (Fsp3) is 0.214. The third kappa shape index (κ3) is 3.53. The molecule has 2 rings (SSSR count). The standard InChI is InChI=1S/C14H16BrN3O/c1-19-11-5-2-4-10(8-11)9-13(18-16)14-12(15)6-3-7-17-14/h2-8,13,18H,9,16H2,1H3. The van der Waals surface area contributed by atoms with Gasteiger partial charge in [0.1, 0.15) is 5.75 Å². The largest absolute Gasteiger partial charge is 0.497 e. The number of rotatable bonds is 5. The average molecular weight is 322 g/mol. The molecule has 0 saturated heterocycles. The molecule has 1 atom stereocenters. The van der Waals surface area contributed by atoms with Gasteiger partial charge >= 0.3 is 0 Å². The minimum Gasteiger partial charge on any atom is -0.497 e. The van der Waals surface area contributed by atoms with Gasteiger partial charge in [-0.15, -0.1) is 0 Å². The van der Waals surface area contributed by atoms with E-state index in [4.69, 9.17) is 10.6 Å². The zero-order chi connectivity index (χ0) is 13.7. The highest BCUT2D eigenvalue weighted by molar-refractivity contribution is 9.10. The van der Waals surface area contributed by atoms with Gasteiger partial charge < -0.3 is 4.74 Å². The van der Waals surface area contributed by atoms with Crippen LogP contribution in [0.1, 0.15) is 17.3 Å². The van der Waals surface area contributed by atoms with Crippen molar-refractivity contribution in [1.82, 2.24) is 10.4 Å². The second-order valence-corrected chi connectivity index (χ2v) is 5.00. The van der Waals surface area contributed by atoms with Crippen molar-refractivity contribution in [3.8, 4) is 5.75 Å². The Hall–Kier alpha value is -1.43. The van der Waals surface area contributed by atoms with Crippen LogP contribution < -0.4 is 16.0 Å². The van der Waals surface area contributed by atoms with Crippen LogP contribution >= 0.6 is 15.9 Å². The normalized spacial score (nSPS) is 12.2. The summed E-state index contributed by atoms with van der Waals surface area (Å²) in [5.41, 5.74) is 4.85. The quantitative estimate of drug-likeness (QED) is 0.656. The van der Waals surface area contributed by atoms with E-state index >= 15 is 0 Å². The van der Waals surface area contributed by atoms with Crippen LogP contribution in [0.25, 0.3) is 0 Å². The van der Waals surface area contributed by atoms with Gasteiger partial charge in [0.05, 0.1) is 18.8 Å². The Morgan fingerprint density at radius 2 is 2.21 bits per heavy atom. The lowest BCUT2D eigenvalue weighted by molar-refractivity contribution is 0.413. The summed E-state index contributed by atoms with van der Waals surface area (Å²) < 4.78 is 6.17. The van der Waals surface area contributed by atoms with Crippen LogP contribution in [0.4, 0.5) is 0 Å². The van der Waals surface area contributed by atoms with Crippen molar-refractivity contribution >= 4 is 15.9 Å². The Morgan fingerprint density at radius 3 is 2.89 bits per heavy atom. The van der Waals surface area contributed by atoms with Gasteiger partial charge in [-0.3, -0.25) is 16.3 Å². The summed E-state index contributed by atoms with van der Waals surface area (Å²) in [5, 5.41) is 0. The van der Waals surface area contributed by atoms with E-state index in [0.29, 0.717) is 0 Å². The molecule has 5 heteroatoms. The molecule has 0 aliphatic carbocycles. The Balaban J connectivity index is 2.21. The van der Waals surface area contributed by atoms with Gasteiger partial charge in [-0.2, -0.15) is 0 Å². The van der Waals surface area contributed by atoms with Crippen molar-refractivity contribution in [3.05, 3.63) is 58.3 Å². The highest BCUT2D eigenvalue weighted by Crippen LogP contribution is 2.24. The van der Waals surface area contributed by atoms with Crippen molar-refractivity contribution in [3.63, 3.8) is 0 Å². The predicted octanol–water partition coefficient (Wildman–Crippen LogP) is 2.60. The van der Waals surface area contributed by atoms with Crippen LogP contribution in [-0.2, 0) is 6.42 Å². The molecule has 100 valence electrons. The van der Waals surface area contributed by atoms with E-state index in [0.717, 1.165) is 27.9 Å².